The van der Waals surface area contributed by atoms with Crippen molar-refractivity contribution < 1.29 is 14.6 Å². The number of benzene rings is 1. The van der Waals surface area contributed by atoms with Crippen LogP contribution in [0.25, 0.3) is 0 Å². The number of hydrogen-bond donors (Lipinski definition) is 1. The van der Waals surface area contributed by atoms with Gasteiger partial charge in [-0.25, -0.2) is 0 Å². The lowest BCUT2D eigenvalue weighted by Crippen LogP contribution is -2.36. The van der Waals surface area contributed by atoms with E-state index in [1.807, 2.05) is 18.2 Å². The van der Waals surface area contributed by atoms with Crippen LogP contribution in [-0.4, -0.2) is 35.8 Å². The Balaban J connectivity index is 1.52. The molecule has 3 unspecified atom stereocenters. The monoisotopic (exact) mass is 280 g/mol. The van der Waals surface area contributed by atoms with Gasteiger partial charge >= 0.3 is 0 Å². The number of thioether (sulfide) groups is 1. The first-order valence-corrected chi connectivity index (χ1v) is 7.99. The predicted octanol–water partition coefficient (Wildman–Crippen LogP) is 2.86. The molecule has 2 aliphatic rings. The molecule has 0 amide bonds. The Bertz CT molecular complexity index is 418. The summed E-state index contributed by atoms with van der Waals surface area (Å²) in [6.07, 6.45) is 3.84. The summed E-state index contributed by atoms with van der Waals surface area (Å²) in [6, 6.07) is 8.03. The number of para-hydroxylation sites is 1. The fourth-order valence-electron chi connectivity index (χ4n) is 2.64. The first-order chi connectivity index (χ1) is 9.33. The van der Waals surface area contributed by atoms with Crippen LogP contribution >= 0.6 is 11.8 Å². The van der Waals surface area contributed by atoms with Crippen molar-refractivity contribution >= 4 is 11.8 Å². The lowest BCUT2D eigenvalue weighted by atomic mass is 10.0. The number of hydrogen-bond acceptors (Lipinski definition) is 4. The summed E-state index contributed by atoms with van der Waals surface area (Å²) in [5.41, 5.74) is 0. The zero-order valence-corrected chi connectivity index (χ0v) is 11.8. The third-order valence-corrected chi connectivity index (χ3v) is 4.91. The topological polar surface area (TPSA) is 38.7 Å². The highest BCUT2D eigenvalue weighted by atomic mass is 32.2. The molecule has 0 aromatic heterocycles. The minimum atomic E-state index is -0.398. The molecule has 0 bridgehead atoms. The summed E-state index contributed by atoms with van der Waals surface area (Å²) < 4.78 is 11.5. The molecule has 3 atom stereocenters. The van der Waals surface area contributed by atoms with Crippen molar-refractivity contribution in [3.63, 3.8) is 0 Å². The van der Waals surface area contributed by atoms with Crippen molar-refractivity contribution in [3.05, 3.63) is 24.3 Å². The highest BCUT2D eigenvalue weighted by molar-refractivity contribution is 7.99. The van der Waals surface area contributed by atoms with E-state index in [0.29, 0.717) is 6.10 Å². The van der Waals surface area contributed by atoms with Crippen molar-refractivity contribution in [2.24, 2.45) is 0 Å². The van der Waals surface area contributed by atoms with E-state index < -0.39 is 6.10 Å². The smallest absolute Gasteiger partial charge is 0.134 e. The molecule has 2 heterocycles. The van der Waals surface area contributed by atoms with Crippen molar-refractivity contribution in [1.82, 2.24) is 0 Å². The fourth-order valence-corrected chi connectivity index (χ4v) is 3.71. The number of rotatable bonds is 4. The normalized spacial score (nSPS) is 27.6. The van der Waals surface area contributed by atoms with E-state index in [9.17, 15) is 5.11 Å². The Kier molecular flexibility index (Phi) is 4.31. The Morgan fingerprint density at radius 3 is 3.11 bits per heavy atom. The zero-order valence-electron chi connectivity index (χ0n) is 11.0. The molecule has 0 radical (unpaired) electrons. The molecule has 1 aromatic carbocycles. The summed E-state index contributed by atoms with van der Waals surface area (Å²) >= 11 is 1.77. The number of aliphatic hydroxyl groups is 1. The highest BCUT2D eigenvalue weighted by Crippen LogP contribution is 2.36. The van der Waals surface area contributed by atoms with E-state index in [1.165, 1.54) is 4.90 Å². The minimum absolute atomic E-state index is 0.0960. The van der Waals surface area contributed by atoms with Crippen LogP contribution in [0.3, 0.4) is 0 Å². The van der Waals surface area contributed by atoms with E-state index in [0.717, 1.165) is 43.8 Å². The number of aliphatic hydroxyl groups excluding tert-OH is 1. The fraction of sp³-hybridized carbons (Fsp3) is 0.600. The van der Waals surface area contributed by atoms with Crippen molar-refractivity contribution in [1.29, 1.82) is 0 Å². The van der Waals surface area contributed by atoms with E-state index in [2.05, 4.69) is 6.07 Å². The second-order valence-corrected chi connectivity index (χ2v) is 6.26. The third-order valence-electron chi connectivity index (χ3n) is 3.77. The van der Waals surface area contributed by atoms with Gasteiger partial charge in [-0.3, -0.25) is 0 Å². The first-order valence-electron chi connectivity index (χ1n) is 7.01. The van der Waals surface area contributed by atoms with Crippen LogP contribution in [-0.2, 0) is 4.74 Å². The van der Waals surface area contributed by atoms with Crippen LogP contribution in [0.4, 0.5) is 0 Å². The second kappa shape index (κ2) is 6.16. The molecule has 1 N–H and O–H groups in total. The number of fused-ring (bicyclic) bond motifs is 1. The van der Waals surface area contributed by atoms with Gasteiger partial charge in [0, 0.05) is 17.3 Å². The maximum absolute atomic E-state index is 10.3. The average molecular weight is 280 g/mol. The quantitative estimate of drug-likeness (QED) is 0.920. The van der Waals surface area contributed by atoms with Gasteiger partial charge in [-0.15, -0.1) is 11.8 Å². The molecular weight excluding hydrogens is 260 g/mol. The van der Waals surface area contributed by atoms with Gasteiger partial charge in [0.15, 0.2) is 0 Å². The molecule has 3 nitrogen and oxygen atoms in total. The van der Waals surface area contributed by atoms with E-state index in [-0.39, 0.29) is 6.10 Å². The summed E-state index contributed by atoms with van der Waals surface area (Å²) in [6.45, 7) is 0.879. The molecule has 19 heavy (non-hydrogen) atoms. The van der Waals surface area contributed by atoms with E-state index >= 15 is 0 Å². The Morgan fingerprint density at radius 2 is 2.26 bits per heavy atom. The van der Waals surface area contributed by atoms with Crippen molar-refractivity contribution in [2.45, 2.75) is 48.9 Å². The maximum Gasteiger partial charge on any atom is 0.134 e. The maximum atomic E-state index is 10.3. The molecule has 104 valence electrons. The van der Waals surface area contributed by atoms with Crippen LogP contribution in [0.15, 0.2) is 29.2 Å². The molecule has 0 spiro atoms. The van der Waals surface area contributed by atoms with Gasteiger partial charge in [-0.1, -0.05) is 12.1 Å². The summed E-state index contributed by atoms with van der Waals surface area (Å²) in [5, 5.41) is 10.3. The van der Waals surface area contributed by atoms with Gasteiger partial charge < -0.3 is 14.6 Å². The molecule has 1 fully saturated rings. The minimum Gasteiger partial charge on any atom is -0.486 e. The Labute approximate surface area is 118 Å². The Morgan fingerprint density at radius 1 is 1.37 bits per heavy atom. The SMILES string of the molecule is OC(CCC1CCCO1)C1CSc2ccccc2O1. The van der Waals surface area contributed by atoms with Crippen molar-refractivity contribution in [3.8, 4) is 5.75 Å². The van der Waals surface area contributed by atoms with Gasteiger partial charge in [-0.2, -0.15) is 0 Å². The largest absolute Gasteiger partial charge is 0.486 e. The summed E-state index contributed by atoms with van der Waals surface area (Å²) in [4.78, 5) is 1.17. The van der Waals surface area contributed by atoms with Gasteiger partial charge in [-0.05, 0) is 37.8 Å². The second-order valence-electron chi connectivity index (χ2n) is 5.19. The Hall–Kier alpha value is -0.710. The predicted molar refractivity (Wildman–Crippen MR) is 75.8 cm³/mol. The third kappa shape index (κ3) is 3.25. The van der Waals surface area contributed by atoms with Crippen LogP contribution in [0.1, 0.15) is 25.7 Å². The van der Waals surface area contributed by atoms with Crippen molar-refractivity contribution in [2.75, 3.05) is 12.4 Å². The van der Waals surface area contributed by atoms with Crippen LogP contribution in [0.2, 0.25) is 0 Å². The molecule has 4 heteroatoms. The first kappa shape index (κ1) is 13.3. The molecule has 0 saturated carbocycles. The van der Waals surface area contributed by atoms with Gasteiger partial charge in [0.2, 0.25) is 0 Å². The van der Waals surface area contributed by atoms with E-state index in [4.69, 9.17) is 9.47 Å². The van der Waals surface area contributed by atoms with Crippen LogP contribution < -0.4 is 4.74 Å². The summed E-state index contributed by atoms with van der Waals surface area (Å²) in [7, 11) is 0. The molecule has 0 aliphatic carbocycles. The van der Waals surface area contributed by atoms with Gasteiger partial charge in [0.1, 0.15) is 11.9 Å². The van der Waals surface area contributed by atoms with Gasteiger partial charge in [0.05, 0.1) is 12.2 Å². The van der Waals surface area contributed by atoms with Crippen LogP contribution in [0, 0.1) is 0 Å². The lowest BCUT2D eigenvalue weighted by Gasteiger charge is -2.29. The summed E-state index contributed by atoms with van der Waals surface area (Å²) in [5.74, 6) is 1.73. The molecule has 3 rings (SSSR count). The van der Waals surface area contributed by atoms with Gasteiger partial charge in [0.25, 0.3) is 0 Å². The van der Waals surface area contributed by atoms with Crippen LogP contribution in [0.5, 0.6) is 5.75 Å². The zero-order chi connectivity index (χ0) is 13.1. The molecule has 1 aromatic rings. The standard InChI is InChI=1S/C15H20O3S/c16-12(8-7-11-4-3-9-17-11)14-10-19-15-6-2-1-5-13(15)18-14/h1-2,5-6,11-12,14,16H,3-4,7-10H2. The molecule has 2 aliphatic heterocycles. The number of ether oxygens (including phenoxy) is 2. The van der Waals surface area contributed by atoms with E-state index in [1.54, 1.807) is 11.8 Å². The average Bonchev–Trinajstić information content (AvgIpc) is 2.97. The molecule has 1 saturated heterocycles. The lowest BCUT2D eigenvalue weighted by molar-refractivity contribution is 0.0243. The molecular formula is C15H20O3S. The highest BCUT2D eigenvalue weighted by Gasteiger charge is 2.27.